The number of hydrogen-bond acceptors (Lipinski definition) is 4. The van der Waals surface area contributed by atoms with Crippen molar-refractivity contribution in [1.29, 1.82) is 0 Å². The Morgan fingerprint density at radius 1 is 1.38 bits per heavy atom. The summed E-state index contributed by atoms with van der Waals surface area (Å²) < 4.78 is 10.7. The minimum Gasteiger partial charge on any atom is -0.496 e. The van der Waals surface area contributed by atoms with Gasteiger partial charge >= 0.3 is 0 Å². The molecule has 0 spiro atoms. The third-order valence-corrected chi connectivity index (χ3v) is 3.77. The van der Waals surface area contributed by atoms with Crippen LogP contribution in [0.3, 0.4) is 0 Å². The molecule has 5 heteroatoms. The molecule has 0 bridgehead atoms. The van der Waals surface area contributed by atoms with Crippen LogP contribution in [0.5, 0.6) is 5.75 Å². The van der Waals surface area contributed by atoms with Crippen LogP contribution in [-0.4, -0.2) is 45.4 Å². The van der Waals surface area contributed by atoms with Crippen molar-refractivity contribution < 1.29 is 14.3 Å². The van der Waals surface area contributed by atoms with Crippen molar-refractivity contribution in [2.45, 2.75) is 19.4 Å². The molecule has 2 rings (SSSR count). The highest BCUT2D eigenvalue weighted by molar-refractivity contribution is 5.79. The number of carbonyl (C=O) groups excluding carboxylic acids is 1. The molecule has 2 atom stereocenters. The smallest absolute Gasteiger partial charge is 0.227 e. The number of nitrogens with one attached hydrogen (secondary N) is 2. The van der Waals surface area contributed by atoms with Crippen LogP contribution in [0.15, 0.2) is 24.3 Å². The fourth-order valence-electron chi connectivity index (χ4n) is 2.64. The summed E-state index contributed by atoms with van der Waals surface area (Å²) in [6.45, 7) is 4.60. The SMILES string of the molecule is CCNC1COCC1C(=O)NCCc1ccccc1OC. The number of amides is 1. The second-order valence-corrected chi connectivity index (χ2v) is 5.16. The fourth-order valence-corrected chi connectivity index (χ4v) is 2.64. The van der Waals surface area contributed by atoms with E-state index in [0.717, 1.165) is 24.3 Å². The van der Waals surface area contributed by atoms with Crippen LogP contribution >= 0.6 is 0 Å². The number of benzene rings is 1. The van der Waals surface area contributed by atoms with Crippen LogP contribution in [-0.2, 0) is 16.0 Å². The number of methoxy groups -OCH3 is 1. The van der Waals surface area contributed by atoms with Crippen molar-refractivity contribution in [2.24, 2.45) is 5.92 Å². The van der Waals surface area contributed by atoms with Gasteiger partial charge in [0.05, 0.1) is 26.2 Å². The van der Waals surface area contributed by atoms with Gasteiger partial charge in [0.15, 0.2) is 0 Å². The fraction of sp³-hybridized carbons (Fsp3) is 0.562. The monoisotopic (exact) mass is 292 g/mol. The van der Waals surface area contributed by atoms with Crippen LogP contribution in [0, 0.1) is 5.92 Å². The first-order chi connectivity index (χ1) is 10.3. The lowest BCUT2D eigenvalue weighted by Crippen LogP contribution is -2.44. The summed E-state index contributed by atoms with van der Waals surface area (Å²) in [5.41, 5.74) is 1.10. The highest BCUT2D eigenvalue weighted by atomic mass is 16.5. The van der Waals surface area contributed by atoms with Crippen LogP contribution < -0.4 is 15.4 Å². The van der Waals surface area contributed by atoms with E-state index in [0.29, 0.717) is 19.8 Å². The Balaban J connectivity index is 1.81. The van der Waals surface area contributed by atoms with Gasteiger partial charge in [-0.2, -0.15) is 0 Å². The number of likely N-dealkylation sites (N-methyl/N-ethyl adjacent to an activating group) is 1. The summed E-state index contributed by atoms with van der Waals surface area (Å²) in [5, 5.41) is 6.29. The van der Waals surface area contributed by atoms with E-state index < -0.39 is 0 Å². The predicted molar refractivity (Wildman–Crippen MR) is 81.5 cm³/mol. The molecule has 2 N–H and O–H groups in total. The van der Waals surface area contributed by atoms with Crippen molar-refractivity contribution in [3.63, 3.8) is 0 Å². The van der Waals surface area contributed by atoms with Gasteiger partial charge in [0.1, 0.15) is 5.75 Å². The highest BCUT2D eigenvalue weighted by Crippen LogP contribution is 2.17. The summed E-state index contributed by atoms with van der Waals surface area (Å²) in [4.78, 5) is 12.2. The first kappa shape index (κ1) is 15.8. The molecule has 1 heterocycles. The Labute approximate surface area is 126 Å². The molecule has 0 aliphatic carbocycles. The molecule has 1 saturated heterocycles. The second-order valence-electron chi connectivity index (χ2n) is 5.16. The van der Waals surface area contributed by atoms with Crippen molar-refractivity contribution >= 4 is 5.91 Å². The van der Waals surface area contributed by atoms with Gasteiger partial charge < -0.3 is 20.1 Å². The van der Waals surface area contributed by atoms with Crippen LogP contribution in [0.2, 0.25) is 0 Å². The first-order valence-electron chi connectivity index (χ1n) is 7.47. The van der Waals surface area contributed by atoms with Gasteiger partial charge in [-0.05, 0) is 24.6 Å². The molecular weight excluding hydrogens is 268 g/mol. The van der Waals surface area contributed by atoms with E-state index in [2.05, 4.69) is 10.6 Å². The zero-order valence-corrected chi connectivity index (χ0v) is 12.7. The number of hydrogen-bond donors (Lipinski definition) is 2. The Kier molecular flexibility index (Phi) is 6.02. The summed E-state index contributed by atoms with van der Waals surface area (Å²) in [5.74, 6) is 0.831. The molecule has 5 nitrogen and oxygen atoms in total. The minimum atomic E-state index is -0.0948. The number of carbonyl (C=O) groups is 1. The number of para-hydroxylation sites is 1. The number of ether oxygens (including phenoxy) is 2. The van der Waals surface area contributed by atoms with Gasteiger partial charge in [-0.3, -0.25) is 4.79 Å². The molecule has 2 unspecified atom stereocenters. The van der Waals surface area contributed by atoms with Gasteiger partial charge in [-0.15, -0.1) is 0 Å². The van der Waals surface area contributed by atoms with Crippen molar-refractivity contribution in [3.05, 3.63) is 29.8 Å². The van der Waals surface area contributed by atoms with E-state index in [1.807, 2.05) is 31.2 Å². The summed E-state index contributed by atoms with van der Waals surface area (Å²) >= 11 is 0. The van der Waals surface area contributed by atoms with E-state index in [9.17, 15) is 4.79 Å². The lowest BCUT2D eigenvalue weighted by atomic mass is 10.0. The maximum Gasteiger partial charge on any atom is 0.227 e. The molecule has 1 aliphatic rings. The van der Waals surface area contributed by atoms with Crippen LogP contribution in [0.4, 0.5) is 0 Å². The van der Waals surface area contributed by atoms with E-state index in [-0.39, 0.29) is 17.9 Å². The third kappa shape index (κ3) is 4.19. The summed E-state index contributed by atoms with van der Waals surface area (Å²) in [7, 11) is 1.66. The zero-order valence-electron chi connectivity index (χ0n) is 12.7. The lowest BCUT2D eigenvalue weighted by molar-refractivity contribution is -0.125. The van der Waals surface area contributed by atoms with E-state index in [1.165, 1.54) is 0 Å². The minimum absolute atomic E-state index is 0.0633. The first-order valence-corrected chi connectivity index (χ1v) is 7.47. The Hall–Kier alpha value is -1.59. The Bertz CT molecular complexity index is 465. The quantitative estimate of drug-likeness (QED) is 0.786. The molecular formula is C16H24N2O3. The maximum atomic E-state index is 12.2. The summed E-state index contributed by atoms with van der Waals surface area (Å²) in [6.07, 6.45) is 0.759. The molecule has 0 saturated carbocycles. The number of rotatable bonds is 7. The van der Waals surface area contributed by atoms with E-state index >= 15 is 0 Å². The normalized spacial score (nSPS) is 21.2. The zero-order chi connectivity index (χ0) is 15.1. The average Bonchev–Trinajstić information content (AvgIpc) is 2.96. The predicted octanol–water partition coefficient (Wildman–Crippen LogP) is 0.978. The van der Waals surface area contributed by atoms with Crippen molar-refractivity contribution in [2.75, 3.05) is 33.4 Å². The molecule has 116 valence electrons. The Morgan fingerprint density at radius 2 is 2.19 bits per heavy atom. The molecule has 0 aromatic heterocycles. The van der Waals surface area contributed by atoms with E-state index in [1.54, 1.807) is 7.11 Å². The van der Waals surface area contributed by atoms with Crippen molar-refractivity contribution in [1.82, 2.24) is 10.6 Å². The summed E-state index contributed by atoms with van der Waals surface area (Å²) in [6, 6.07) is 8.00. The third-order valence-electron chi connectivity index (χ3n) is 3.77. The standard InChI is InChI=1S/C16H24N2O3/c1-3-17-14-11-21-10-13(14)16(19)18-9-8-12-6-4-5-7-15(12)20-2/h4-7,13-14,17H,3,8-11H2,1-2H3,(H,18,19). The molecule has 1 amide bonds. The van der Waals surface area contributed by atoms with Crippen LogP contribution in [0.1, 0.15) is 12.5 Å². The topological polar surface area (TPSA) is 59.6 Å². The van der Waals surface area contributed by atoms with Crippen LogP contribution in [0.25, 0.3) is 0 Å². The molecule has 21 heavy (non-hydrogen) atoms. The largest absolute Gasteiger partial charge is 0.496 e. The van der Waals surface area contributed by atoms with Gasteiger partial charge in [0.2, 0.25) is 5.91 Å². The van der Waals surface area contributed by atoms with Gasteiger partial charge in [-0.1, -0.05) is 25.1 Å². The van der Waals surface area contributed by atoms with Crippen molar-refractivity contribution in [3.8, 4) is 5.75 Å². The van der Waals surface area contributed by atoms with Gasteiger partial charge in [0.25, 0.3) is 0 Å². The molecule has 1 aromatic carbocycles. The molecule has 1 aliphatic heterocycles. The van der Waals surface area contributed by atoms with Gasteiger partial charge in [0, 0.05) is 12.6 Å². The lowest BCUT2D eigenvalue weighted by Gasteiger charge is -2.18. The Morgan fingerprint density at radius 3 is 2.95 bits per heavy atom. The highest BCUT2D eigenvalue weighted by Gasteiger charge is 2.33. The second kappa shape index (κ2) is 8.00. The van der Waals surface area contributed by atoms with E-state index in [4.69, 9.17) is 9.47 Å². The molecule has 1 fully saturated rings. The molecule has 1 aromatic rings. The maximum absolute atomic E-state index is 12.2. The van der Waals surface area contributed by atoms with Gasteiger partial charge in [-0.25, -0.2) is 0 Å². The average molecular weight is 292 g/mol. The molecule has 0 radical (unpaired) electrons.